The van der Waals surface area contributed by atoms with Crippen LogP contribution in [-0.4, -0.2) is 0 Å². The first kappa shape index (κ1) is 19.7. The molecule has 0 amide bonds. The van der Waals surface area contributed by atoms with Crippen molar-refractivity contribution in [1.82, 2.24) is 0 Å². The number of alkyl halides is 3. The summed E-state index contributed by atoms with van der Waals surface area (Å²) in [7, 11) is 0. The van der Waals surface area contributed by atoms with Gasteiger partial charge in [-0.2, -0.15) is 23.7 Å². The highest BCUT2D eigenvalue weighted by Gasteiger charge is 2.33. The second kappa shape index (κ2) is 7.70. The summed E-state index contributed by atoms with van der Waals surface area (Å²) in [6.07, 6.45) is -4.01. The first-order chi connectivity index (χ1) is 12.7. The van der Waals surface area contributed by atoms with Crippen molar-refractivity contribution < 1.29 is 31.1 Å². The van der Waals surface area contributed by atoms with Crippen LogP contribution in [0.25, 0.3) is 0 Å². The fraction of sp³-hybridized carbons (Fsp3) is 0.0588. The number of ether oxygens (including phenoxy) is 1. The number of hydrogen-bond acceptors (Lipinski definition) is 4. The summed E-state index contributed by atoms with van der Waals surface area (Å²) in [4.78, 5) is 0. The molecular formula is C17H7F6N3O. The van der Waals surface area contributed by atoms with Crippen LogP contribution < -0.4 is 10.1 Å². The van der Waals surface area contributed by atoms with Crippen molar-refractivity contribution in [2.75, 3.05) is 5.32 Å². The van der Waals surface area contributed by atoms with Crippen LogP contribution in [-0.2, 0) is 6.18 Å². The van der Waals surface area contributed by atoms with Crippen LogP contribution in [0.1, 0.15) is 5.56 Å². The van der Waals surface area contributed by atoms with E-state index in [1.54, 1.807) is 0 Å². The summed E-state index contributed by atoms with van der Waals surface area (Å²) in [5.74, 6) is -5.70. The van der Waals surface area contributed by atoms with Crippen molar-refractivity contribution in [2.45, 2.75) is 6.18 Å². The fourth-order valence-corrected chi connectivity index (χ4v) is 1.85. The van der Waals surface area contributed by atoms with Gasteiger partial charge in [0.15, 0.2) is 17.4 Å². The van der Waals surface area contributed by atoms with Gasteiger partial charge in [0.2, 0.25) is 0 Å². The zero-order valence-electron chi connectivity index (χ0n) is 13.0. The average Bonchev–Trinajstić information content (AvgIpc) is 2.59. The lowest BCUT2D eigenvalue weighted by molar-refractivity contribution is -0.138. The number of halogens is 6. The SMILES string of the molecule is N#CC(C#N)=CNc1ccc(Oc2c(F)cc(C(F)(F)F)cc2F)cc1F. The third-order valence-electron chi connectivity index (χ3n) is 3.10. The predicted octanol–water partition coefficient (Wildman–Crippen LogP) is 5.26. The molecule has 0 bridgehead atoms. The van der Waals surface area contributed by atoms with Crippen molar-refractivity contribution in [3.05, 3.63) is 65.1 Å². The smallest absolute Gasteiger partial charge is 0.416 e. The number of allylic oxidation sites excluding steroid dienone is 1. The van der Waals surface area contributed by atoms with Crippen molar-refractivity contribution in [1.29, 1.82) is 10.5 Å². The van der Waals surface area contributed by atoms with E-state index in [1.807, 2.05) is 0 Å². The highest BCUT2D eigenvalue weighted by Crippen LogP contribution is 2.36. The Morgan fingerprint density at radius 2 is 1.56 bits per heavy atom. The van der Waals surface area contributed by atoms with Gasteiger partial charge in [0, 0.05) is 12.3 Å². The average molecular weight is 383 g/mol. The molecule has 0 aromatic heterocycles. The minimum Gasteiger partial charge on any atom is -0.451 e. The highest BCUT2D eigenvalue weighted by atomic mass is 19.4. The topological polar surface area (TPSA) is 68.8 Å². The number of anilines is 1. The Bertz CT molecular complexity index is 947. The van der Waals surface area contributed by atoms with Gasteiger partial charge in [-0.25, -0.2) is 13.2 Å². The monoisotopic (exact) mass is 383 g/mol. The van der Waals surface area contributed by atoms with Gasteiger partial charge in [-0.3, -0.25) is 0 Å². The largest absolute Gasteiger partial charge is 0.451 e. The van der Waals surface area contributed by atoms with E-state index in [0.717, 1.165) is 18.3 Å². The maximum Gasteiger partial charge on any atom is 0.416 e. The lowest BCUT2D eigenvalue weighted by atomic mass is 10.2. The Hall–Kier alpha value is -3.66. The lowest BCUT2D eigenvalue weighted by Gasteiger charge is -2.12. The molecule has 0 fully saturated rings. The molecule has 27 heavy (non-hydrogen) atoms. The molecule has 10 heteroatoms. The summed E-state index contributed by atoms with van der Waals surface area (Å²) in [5.41, 5.74) is -2.05. The van der Waals surface area contributed by atoms with Gasteiger partial charge in [0.05, 0.1) is 11.3 Å². The predicted molar refractivity (Wildman–Crippen MR) is 80.8 cm³/mol. The molecule has 0 unspecified atom stereocenters. The van der Waals surface area contributed by atoms with Gasteiger partial charge in [-0.15, -0.1) is 0 Å². The molecule has 2 aromatic carbocycles. The van der Waals surface area contributed by atoms with Crippen LogP contribution >= 0.6 is 0 Å². The van der Waals surface area contributed by atoms with Crippen molar-refractivity contribution in [3.8, 4) is 23.6 Å². The van der Waals surface area contributed by atoms with Gasteiger partial charge in [0.25, 0.3) is 0 Å². The molecule has 0 saturated carbocycles. The van der Waals surface area contributed by atoms with Gasteiger partial charge >= 0.3 is 6.18 Å². The van der Waals surface area contributed by atoms with Crippen molar-refractivity contribution in [2.24, 2.45) is 0 Å². The highest BCUT2D eigenvalue weighted by molar-refractivity contribution is 5.53. The first-order valence-corrected chi connectivity index (χ1v) is 6.96. The minimum absolute atomic E-state index is 0.0563. The fourth-order valence-electron chi connectivity index (χ4n) is 1.85. The van der Waals surface area contributed by atoms with Gasteiger partial charge < -0.3 is 10.1 Å². The summed E-state index contributed by atoms with van der Waals surface area (Å²) in [6.45, 7) is 0. The Morgan fingerprint density at radius 3 is 2.04 bits per heavy atom. The van der Waals surface area contributed by atoms with Gasteiger partial charge in [-0.1, -0.05) is 0 Å². The molecule has 0 radical (unpaired) electrons. The van der Waals surface area contributed by atoms with E-state index >= 15 is 0 Å². The quantitative estimate of drug-likeness (QED) is 0.578. The zero-order chi connectivity index (χ0) is 20.2. The zero-order valence-corrected chi connectivity index (χ0v) is 13.0. The van der Waals surface area contributed by atoms with Gasteiger partial charge in [-0.05, 0) is 24.3 Å². The summed E-state index contributed by atoms with van der Waals surface area (Å²) in [6, 6.07) is 6.06. The van der Waals surface area contributed by atoms with Crippen LogP contribution in [0.4, 0.5) is 32.0 Å². The molecule has 4 nitrogen and oxygen atoms in total. The van der Waals surface area contributed by atoms with E-state index in [9.17, 15) is 26.3 Å². The minimum atomic E-state index is -4.95. The number of nitriles is 2. The standard InChI is InChI=1S/C17H7F6N3O/c18-12-5-11(1-2-15(12)26-8-9(6-24)7-25)27-16-13(19)3-10(4-14(16)20)17(21,22)23/h1-5,8,26H. The number of rotatable bonds is 4. The molecule has 0 spiro atoms. The van der Waals surface area contributed by atoms with E-state index in [1.165, 1.54) is 12.1 Å². The number of hydrogen-bond donors (Lipinski definition) is 1. The van der Waals surface area contributed by atoms with E-state index in [0.29, 0.717) is 6.07 Å². The van der Waals surface area contributed by atoms with Gasteiger partial charge in [0.1, 0.15) is 29.3 Å². The maximum atomic E-state index is 14.0. The molecule has 2 rings (SSSR count). The maximum absolute atomic E-state index is 14.0. The summed E-state index contributed by atoms with van der Waals surface area (Å²) in [5, 5.41) is 19.5. The Morgan fingerprint density at radius 1 is 0.963 bits per heavy atom. The third kappa shape index (κ3) is 4.70. The summed E-state index contributed by atoms with van der Waals surface area (Å²) >= 11 is 0. The number of benzene rings is 2. The molecule has 0 aliphatic rings. The van der Waals surface area contributed by atoms with Crippen LogP contribution in [0.2, 0.25) is 0 Å². The molecule has 2 aromatic rings. The van der Waals surface area contributed by atoms with E-state index in [-0.39, 0.29) is 29.1 Å². The Kier molecular flexibility index (Phi) is 5.61. The molecule has 0 atom stereocenters. The summed E-state index contributed by atoms with van der Waals surface area (Å²) < 4.78 is 83.8. The number of nitrogens with zero attached hydrogens (tertiary/aromatic N) is 2. The molecule has 0 aliphatic heterocycles. The van der Waals surface area contributed by atoms with Crippen LogP contribution in [0.3, 0.4) is 0 Å². The van der Waals surface area contributed by atoms with Crippen molar-refractivity contribution in [3.63, 3.8) is 0 Å². The second-order valence-electron chi connectivity index (χ2n) is 4.94. The van der Waals surface area contributed by atoms with E-state index < -0.39 is 34.9 Å². The second-order valence-corrected chi connectivity index (χ2v) is 4.94. The molecule has 1 N–H and O–H groups in total. The Labute approximate surface area is 148 Å². The molecule has 0 heterocycles. The first-order valence-electron chi connectivity index (χ1n) is 6.96. The van der Waals surface area contributed by atoms with E-state index in [4.69, 9.17) is 15.3 Å². The molecule has 138 valence electrons. The molecule has 0 aliphatic carbocycles. The van der Waals surface area contributed by atoms with Crippen molar-refractivity contribution >= 4 is 5.69 Å². The van der Waals surface area contributed by atoms with Crippen LogP contribution in [0.5, 0.6) is 11.5 Å². The molecular weight excluding hydrogens is 376 g/mol. The normalized spacial score (nSPS) is 10.5. The van der Waals surface area contributed by atoms with Crippen LogP contribution in [0, 0.1) is 40.1 Å². The number of nitrogens with one attached hydrogen (secondary N) is 1. The molecule has 0 saturated heterocycles. The van der Waals surface area contributed by atoms with E-state index in [2.05, 4.69) is 5.32 Å². The Balaban J connectivity index is 2.27. The van der Waals surface area contributed by atoms with Crippen LogP contribution in [0.15, 0.2) is 42.1 Å². The third-order valence-corrected chi connectivity index (χ3v) is 3.10. The lowest BCUT2D eigenvalue weighted by Crippen LogP contribution is -2.07.